The molecule has 3 heteroatoms. The van der Waals surface area contributed by atoms with Gasteiger partial charge in [-0.2, -0.15) is 0 Å². The van der Waals surface area contributed by atoms with Gasteiger partial charge in [0, 0.05) is 19.8 Å². The van der Waals surface area contributed by atoms with E-state index in [0.717, 1.165) is 18.5 Å². The summed E-state index contributed by atoms with van der Waals surface area (Å²) in [7, 11) is 3.89. The molecule has 2 aromatic carbocycles. The van der Waals surface area contributed by atoms with Crippen molar-refractivity contribution in [1.82, 2.24) is 4.90 Å². The molecule has 0 N–H and O–H groups in total. The molecule has 0 spiro atoms. The van der Waals surface area contributed by atoms with Gasteiger partial charge in [0.1, 0.15) is 0 Å². The van der Waals surface area contributed by atoms with Crippen LogP contribution in [-0.4, -0.2) is 31.4 Å². The van der Waals surface area contributed by atoms with Gasteiger partial charge in [0.25, 0.3) is 0 Å². The van der Waals surface area contributed by atoms with E-state index in [1.54, 1.807) is 0 Å². The maximum Gasteiger partial charge on any atom is 0.242 e. The van der Waals surface area contributed by atoms with Gasteiger partial charge < -0.3 is 9.80 Å². The third-order valence-corrected chi connectivity index (χ3v) is 4.53. The molecule has 0 saturated heterocycles. The number of aryl methyl sites for hydroxylation is 1. The zero-order chi connectivity index (χ0) is 15.5. The fourth-order valence-corrected chi connectivity index (χ4v) is 3.20. The Balaban J connectivity index is 1.68. The SMILES string of the molecule is CN(CC(=O)N(C)C1CCc2ccccc21)c1ccccc1. The lowest BCUT2D eigenvalue weighted by atomic mass is 10.1. The zero-order valence-corrected chi connectivity index (χ0v) is 13.2. The number of likely N-dealkylation sites (N-methyl/N-ethyl adjacent to an activating group) is 2. The number of hydrogen-bond donors (Lipinski definition) is 0. The fraction of sp³-hybridized carbons (Fsp3) is 0.316. The number of para-hydroxylation sites is 1. The number of nitrogens with zero attached hydrogens (tertiary/aromatic N) is 2. The van der Waals surface area contributed by atoms with Crippen LogP contribution in [0.4, 0.5) is 5.69 Å². The average molecular weight is 294 g/mol. The summed E-state index contributed by atoms with van der Waals surface area (Å²) in [6.07, 6.45) is 2.09. The lowest BCUT2D eigenvalue weighted by molar-refractivity contribution is -0.130. The summed E-state index contributed by atoms with van der Waals surface area (Å²) in [5.74, 6) is 0.160. The molecular weight excluding hydrogens is 272 g/mol. The van der Waals surface area contributed by atoms with Crippen molar-refractivity contribution in [2.24, 2.45) is 0 Å². The summed E-state index contributed by atoms with van der Waals surface area (Å²) in [6.45, 7) is 0.402. The van der Waals surface area contributed by atoms with Crippen molar-refractivity contribution in [3.63, 3.8) is 0 Å². The maximum absolute atomic E-state index is 12.6. The van der Waals surface area contributed by atoms with Crippen LogP contribution >= 0.6 is 0 Å². The van der Waals surface area contributed by atoms with Gasteiger partial charge >= 0.3 is 0 Å². The number of anilines is 1. The molecule has 0 fully saturated rings. The molecule has 0 aliphatic heterocycles. The van der Waals surface area contributed by atoms with Crippen LogP contribution in [0.2, 0.25) is 0 Å². The summed E-state index contributed by atoms with van der Waals surface area (Å²) < 4.78 is 0. The van der Waals surface area contributed by atoms with Crippen LogP contribution in [-0.2, 0) is 11.2 Å². The van der Waals surface area contributed by atoms with Crippen molar-refractivity contribution in [3.8, 4) is 0 Å². The maximum atomic E-state index is 12.6. The highest BCUT2D eigenvalue weighted by atomic mass is 16.2. The Labute approximate surface area is 132 Å². The second-order valence-electron chi connectivity index (χ2n) is 5.95. The smallest absolute Gasteiger partial charge is 0.242 e. The zero-order valence-electron chi connectivity index (χ0n) is 13.2. The van der Waals surface area contributed by atoms with E-state index in [9.17, 15) is 4.79 Å². The highest BCUT2D eigenvalue weighted by Crippen LogP contribution is 2.34. The average Bonchev–Trinajstić information content (AvgIpc) is 2.99. The predicted octanol–water partition coefficient (Wildman–Crippen LogP) is 3.27. The second-order valence-corrected chi connectivity index (χ2v) is 5.95. The molecule has 0 aromatic heterocycles. The summed E-state index contributed by atoms with van der Waals surface area (Å²) in [6, 6.07) is 18.7. The molecule has 1 amide bonds. The number of amides is 1. The van der Waals surface area contributed by atoms with E-state index >= 15 is 0 Å². The molecule has 3 rings (SSSR count). The number of fused-ring (bicyclic) bond motifs is 1. The fourth-order valence-electron chi connectivity index (χ4n) is 3.20. The van der Waals surface area contributed by atoms with Gasteiger partial charge in [0.05, 0.1) is 12.6 Å². The highest BCUT2D eigenvalue weighted by molar-refractivity contribution is 5.81. The third-order valence-electron chi connectivity index (χ3n) is 4.53. The number of carbonyl (C=O) groups is 1. The van der Waals surface area contributed by atoms with E-state index in [0.29, 0.717) is 6.54 Å². The first-order chi connectivity index (χ1) is 10.7. The van der Waals surface area contributed by atoms with Gasteiger partial charge in [-0.3, -0.25) is 4.79 Å². The first-order valence-electron chi connectivity index (χ1n) is 7.76. The van der Waals surface area contributed by atoms with Crippen LogP contribution < -0.4 is 4.90 Å². The molecule has 1 aliphatic rings. The Morgan fingerprint density at radius 1 is 1.05 bits per heavy atom. The number of hydrogen-bond acceptors (Lipinski definition) is 2. The summed E-state index contributed by atoms with van der Waals surface area (Å²) >= 11 is 0. The molecule has 22 heavy (non-hydrogen) atoms. The Kier molecular flexibility index (Phi) is 4.14. The molecule has 0 saturated carbocycles. The van der Waals surface area contributed by atoms with Crippen molar-refractivity contribution >= 4 is 11.6 Å². The van der Waals surface area contributed by atoms with Crippen molar-refractivity contribution in [2.45, 2.75) is 18.9 Å². The Morgan fingerprint density at radius 3 is 2.50 bits per heavy atom. The largest absolute Gasteiger partial charge is 0.365 e. The molecule has 0 bridgehead atoms. The van der Waals surface area contributed by atoms with Gasteiger partial charge in [0.15, 0.2) is 0 Å². The van der Waals surface area contributed by atoms with Gasteiger partial charge in [-0.05, 0) is 36.1 Å². The Bertz CT molecular complexity index is 653. The molecule has 1 unspecified atom stereocenters. The molecular formula is C19H22N2O. The number of rotatable bonds is 4. The minimum Gasteiger partial charge on any atom is -0.365 e. The minimum atomic E-state index is 0.160. The van der Waals surface area contributed by atoms with Crippen LogP contribution in [0.25, 0.3) is 0 Å². The van der Waals surface area contributed by atoms with E-state index in [2.05, 4.69) is 24.3 Å². The molecule has 0 radical (unpaired) electrons. The molecule has 0 heterocycles. The van der Waals surface area contributed by atoms with Crippen molar-refractivity contribution in [2.75, 3.05) is 25.5 Å². The summed E-state index contributed by atoms with van der Waals surface area (Å²) in [5, 5.41) is 0. The van der Waals surface area contributed by atoms with Gasteiger partial charge in [-0.25, -0.2) is 0 Å². The molecule has 3 nitrogen and oxygen atoms in total. The first-order valence-corrected chi connectivity index (χ1v) is 7.76. The van der Waals surface area contributed by atoms with E-state index in [4.69, 9.17) is 0 Å². The highest BCUT2D eigenvalue weighted by Gasteiger charge is 2.28. The molecule has 1 aliphatic carbocycles. The lowest BCUT2D eigenvalue weighted by Gasteiger charge is -2.28. The first kappa shape index (κ1) is 14.6. The number of carbonyl (C=O) groups excluding carboxylic acids is 1. The van der Waals surface area contributed by atoms with E-state index in [1.165, 1.54) is 11.1 Å². The van der Waals surface area contributed by atoms with E-state index < -0.39 is 0 Å². The van der Waals surface area contributed by atoms with E-state index in [1.807, 2.05) is 54.2 Å². The van der Waals surface area contributed by atoms with Gasteiger partial charge in [0.2, 0.25) is 5.91 Å². The molecule has 114 valence electrons. The second kappa shape index (κ2) is 6.22. The van der Waals surface area contributed by atoms with E-state index in [-0.39, 0.29) is 11.9 Å². The third kappa shape index (κ3) is 2.84. The number of benzene rings is 2. The predicted molar refractivity (Wildman–Crippen MR) is 90.0 cm³/mol. The van der Waals surface area contributed by atoms with Crippen LogP contribution in [0.3, 0.4) is 0 Å². The van der Waals surface area contributed by atoms with Crippen molar-refractivity contribution < 1.29 is 4.79 Å². The summed E-state index contributed by atoms with van der Waals surface area (Å²) in [5.41, 5.74) is 3.75. The van der Waals surface area contributed by atoms with Gasteiger partial charge in [-0.1, -0.05) is 42.5 Å². The Hall–Kier alpha value is -2.29. The molecule has 1 atom stereocenters. The van der Waals surface area contributed by atoms with Crippen LogP contribution in [0, 0.1) is 0 Å². The lowest BCUT2D eigenvalue weighted by Crippen LogP contribution is -2.38. The van der Waals surface area contributed by atoms with Gasteiger partial charge in [-0.15, -0.1) is 0 Å². The van der Waals surface area contributed by atoms with Crippen LogP contribution in [0.5, 0.6) is 0 Å². The Morgan fingerprint density at radius 2 is 1.73 bits per heavy atom. The van der Waals surface area contributed by atoms with Crippen molar-refractivity contribution in [1.29, 1.82) is 0 Å². The monoisotopic (exact) mass is 294 g/mol. The normalized spacial score (nSPS) is 16.2. The molecule has 2 aromatic rings. The van der Waals surface area contributed by atoms with Crippen LogP contribution in [0.15, 0.2) is 54.6 Å². The quantitative estimate of drug-likeness (QED) is 0.864. The standard InChI is InChI=1S/C19H22N2O/c1-20(16-9-4-3-5-10-16)14-19(22)21(2)18-13-12-15-8-6-7-11-17(15)18/h3-11,18H,12-14H2,1-2H3. The minimum absolute atomic E-state index is 0.160. The topological polar surface area (TPSA) is 23.6 Å². The van der Waals surface area contributed by atoms with Crippen molar-refractivity contribution in [3.05, 3.63) is 65.7 Å². The summed E-state index contributed by atoms with van der Waals surface area (Å²) in [4.78, 5) is 16.5. The van der Waals surface area contributed by atoms with Crippen LogP contribution in [0.1, 0.15) is 23.6 Å².